The van der Waals surface area contributed by atoms with Gasteiger partial charge in [0, 0.05) is 17.6 Å². The fourth-order valence-corrected chi connectivity index (χ4v) is 4.31. The molecule has 0 unspecified atom stereocenters. The van der Waals surface area contributed by atoms with Crippen molar-refractivity contribution in [3.8, 4) is 11.8 Å². The lowest BCUT2D eigenvalue weighted by Gasteiger charge is -2.15. The number of carboxylic acids is 1. The van der Waals surface area contributed by atoms with E-state index in [9.17, 15) is 33.1 Å². The molecule has 0 aliphatic rings. The van der Waals surface area contributed by atoms with Gasteiger partial charge in [0.15, 0.2) is 0 Å². The van der Waals surface area contributed by atoms with Crippen molar-refractivity contribution in [1.82, 2.24) is 4.57 Å². The van der Waals surface area contributed by atoms with Gasteiger partial charge in [0.05, 0.1) is 16.6 Å². The number of benzene rings is 3. The molecule has 188 valence electrons. The maximum Gasteiger partial charge on any atom is 0.573 e. The Morgan fingerprint density at radius 2 is 1.81 bits per heavy atom. The van der Waals surface area contributed by atoms with Crippen LogP contribution in [0.2, 0.25) is 0 Å². The van der Waals surface area contributed by atoms with Gasteiger partial charge in [-0.05, 0) is 47.9 Å². The van der Waals surface area contributed by atoms with Crippen LogP contribution in [-0.2, 0) is 13.0 Å². The first-order chi connectivity index (χ1) is 17.6. The largest absolute Gasteiger partial charge is 0.573 e. The Kier molecular flexibility index (Phi) is 6.89. The number of ether oxygens (including phenoxy) is 1. The van der Waals surface area contributed by atoms with Crippen LogP contribution in [0.4, 0.5) is 18.9 Å². The molecule has 0 fully saturated rings. The number of nitrogens with one attached hydrogen (secondary N) is 1. The molecule has 37 heavy (non-hydrogen) atoms. The van der Waals surface area contributed by atoms with Crippen LogP contribution >= 0.6 is 0 Å². The number of carbonyl (C=O) groups excluding carboxylic acids is 1. The molecular weight excluding hydrogens is 487 g/mol. The first-order valence-corrected chi connectivity index (χ1v) is 11.2. The van der Waals surface area contributed by atoms with Crippen LogP contribution in [0.3, 0.4) is 0 Å². The Hall–Kier alpha value is -4.78. The molecule has 2 N–H and O–H groups in total. The number of para-hydroxylation sites is 1. The molecule has 4 rings (SSSR count). The summed E-state index contributed by atoms with van der Waals surface area (Å²) in [6.07, 6.45) is -4.53. The van der Waals surface area contributed by atoms with Crippen molar-refractivity contribution in [1.29, 1.82) is 5.26 Å². The fraction of sp³-hybridized carbons (Fsp3) is 0.148. The molecule has 1 heterocycles. The molecule has 3 aromatic carbocycles. The van der Waals surface area contributed by atoms with Gasteiger partial charge in [-0.1, -0.05) is 43.3 Å². The van der Waals surface area contributed by atoms with Gasteiger partial charge < -0.3 is 19.7 Å². The molecule has 0 radical (unpaired) electrons. The van der Waals surface area contributed by atoms with Gasteiger partial charge in [-0.25, -0.2) is 4.79 Å². The Bertz CT molecular complexity index is 1550. The second-order valence-corrected chi connectivity index (χ2v) is 8.08. The number of carbonyl (C=O) groups is 2. The number of hydrogen-bond donors (Lipinski definition) is 2. The van der Waals surface area contributed by atoms with E-state index in [1.165, 1.54) is 30.3 Å². The molecule has 1 amide bonds. The third-order valence-corrected chi connectivity index (χ3v) is 5.78. The quantitative estimate of drug-likeness (QED) is 0.321. The Labute approximate surface area is 209 Å². The SMILES string of the molecule is CCc1c(NC(=O)c2c(C#N)c3ccccc3n2Cc2cccc(OC(F)(F)F)c2)cccc1C(=O)O. The molecule has 0 saturated heterocycles. The molecule has 7 nitrogen and oxygen atoms in total. The number of alkyl halides is 3. The molecule has 0 saturated carbocycles. The van der Waals surface area contributed by atoms with E-state index < -0.39 is 24.0 Å². The predicted molar refractivity (Wildman–Crippen MR) is 130 cm³/mol. The molecule has 0 aliphatic carbocycles. The zero-order chi connectivity index (χ0) is 26.7. The van der Waals surface area contributed by atoms with Crippen molar-refractivity contribution in [2.75, 3.05) is 5.32 Å². The van der Waals surface area contributed by atoms with Gasteiger partial charge in [0.25, 0.3) is 5.91 Å². The number of nitriles is 1. The highest BCUT2D eigenvalue weighted by molar-refractivity contribution is 6.10. The van der Waals surface area contributed by atoms with Crippen LogP contribution in [0.15, 0.2) is 66.7 Å². The number of halogens is 3. The van der Waals surface area contributed by atoms with E-state index in [0.29, 0.717) is 28.5 Å². The van der Waals surface area contributed by atoms with E-state index in [-0.39, 0.29) is 29.1 Å². The molecule has 0 aliphatic heterocycles. The lowest BCUT2D eigenvalue weighted by Crippen LogP contribution is -2.20. The Balaban J connectivity index is 1.81. The van der Waals surface area contributed by atoms with Crippen LogP contribution in [0.5, 0.6) is 5.75 Å². The summed E-state index contributed by atoms with van der Waals surface area (Å²) in [5.41, 5.74) is 1.76. The minimum Gasteiger partial charge on any atom is -0.478 e. The third kappa shape index (κ3) is 5.26. The van der Waals surface area contributed by atoms with E-state index in [1.54, 1.807) is 47.9 Å². The van der Waals surface area contributed by atoms with Crippen molar-refractivity contribution in [2.45, 2.75) is 26.3 Å². The number of hydrogen-bond acceptors (Lipinski definition) is 4. The average molecular weight is 507 g/mol. The Morgan fingerprint density at radius 1 is 1.08 bits per heavy atom. The first-order valence-electron chi connectivity index (χ1n) is 11.2. The average Bonchev–Trinajstić information content (AvgIpc) is 3.16. The summed E-state index contributed by atoms with van der Waals surface area (Å²) < 4.78 is 43.7. The Morgan fingerprint density at radius 3 is 2.49 bits per heavy atom. The van der Waals surface area contributed by atoms with Gasteiger partial charge in [-0.3, -0.25) is 4.79 Å². The van der Waals surface area contributed by atoms with Crippen molar-refractivity contribution in [3.63, 3.8) is 0 Å². The van der Waals surface area contributed by atoms with Gasteiger partial charge in [0.2, 0.25) is 0 Å². The summed E-state index contributed by atoms with van der Waals surface area (Å²) >= 11 is 0. The van der Waals surface area contributed by atoms with Crippen molar-refractivity contribution in [2.24, 2.45) is 0 Å². The second kappa shape index (κ2) is 10.1. The van der Waals surface area contributed by atoms with Gasteiger partial charge in [-0.15, -0.1) is 13.2 Å². The molecule has 0 atom stereocenters. The lowest BCUT2D eigenvalue weighted by atomic mass is 10.0. The molecular formula is C27H20F3N3O4. The highest BCUT2D eigenvalue weighted by Gasteiger charge is 2.31. The minimum absolute atomic E-state index is 0.00590. The van der Waals surface area contributed by atoms with Crippen LogP contribution in [0, 0.1) is 11.3 Å². The zero-order valence-electron chi connectivity index (χ0n) is 19.5. The standard InChI is InChI=1S/C27H20F3N3O4/c1-2-18-20(26(35)36)10-6-11-22(18)32-25(34)24-21(14-31)19-9-3-4-12-23(19)33(24)15-16-7-5-8-17(13-16)37-27(28,29)30/h3-13H,2,15H2,1H3,(H,32,34)(H,35,36). The molecule has 0 spiro atoms. The first kappa shape index (κ1) is 25.3. The zero-order valence-corrected chi connectivity index (χ0v) is 19.5. The van der Waals surface area contributed by atoms with E-state index >= 15 is 0 Å². The lowest BCUT2D eigenvalue weighted by molar-refractivity contribution is -0.274. The highest BCUT2D eigenvalue weighted by atomic mass is 19.4. The highest BCUT2D eigenvalue weighted by Crippen LogP contribution is 2.30. The monoisotopic (exact) mass is 507 g/mol. The van der Waals surface area contributed by atoms with Crippen LogP contribution in [-0.4, -0.2) is 27.9 Å². The summed E-state index contributed by atoms with van der Waals surface area (Å²) in [4.78, 5) is 25.2. The van der Waals surface area contributed by atoms with E-state index in [1.807, 2.05) is 0 Å². The predicted octanol–water partition coefficient (Wildman–Crippen LogP) is 5.97. The molecule has 4 aromatic rings. The summed E-state index contributed by atoms with van der Waals surface area (Å²) in [6.45, 7) is 1.72. The van der Waals surface area contributed by atoms with Crippen molar-refractivity contribution >= 4 is 28.5 Å². The number of carboxylic acid groups (broad SMARTS) is 1. The van der Waals surface area contributed by atoms with Crippen LogP contribution in [0.25, 0.3) is 10.9 Å². The molecule has 1 aromatic heterocycles. The minimum atomic E-state index is -4.86. The number of anilines is 1. The third-order valence-electron chi connectivity index (χ3n) is 5.78. The summed E-state index contributed by atoms with van der Waals surface area (Å²) in [5.74, 6) is -2.21. The van der Waals surface area contributed by atoms with Crippen LogP contribution in [0.1, 0.15) is 44.5 Å². The normalized spacial score (nSPS) is 11.2. The number of nitrogens with zero attached hydrogens (tertiary/aromatic N) is 2. The van der Waals surface area contributed by atoms with Gasteiger partial charge >= 0.3 is 12.3 Å². The fourth-order valence-electron chi connectivity index (χ4n) is 4.31. The molecule has 10 heteroatoms. The van der Waals surface area contributed by atoms with Crippen molar-refractivity contribution < 1.29 is 32.6 Å². The second-order valence-electron chi connectivity index (χ2n) is 8.08. The summed E-state index contributed by atoms with van der Waals surface area (Å²) in [7, 11) is 0. The van der Waals surface area contributed by atoms with E-state index in [2.05, 4.69) is 16.1 Å². The number of aromatic nitrogens is 1. The van der Waals surface area contributed by atoms with Crippen LogP contribution < -0.4 is 10.1 Å². The van der Waals surface area contributed by atoms with Gasteiger partial charge in [-0.2, -0.15) is 5.26 Å². The van der Waals surface area contributed by atoms with Crippen molar-refractivity contribution in [3.05, 3.63) is 94.7 Å². The smallest absolute Gasteiger partial charge is 0.478 e. The maximum absolute atomic E-state index is 13.6. The van der Waals surface area contributed by atoms with E-state index in [4.69, 9.17) is 0 Å². The summed E-state index contributed by atoms with van der Waals surface area (Å²) in [6, 6.07) is 18.7. The molecule has 0 bridgehead atoms. The van der Waals surface area contributed by atoms with E-state index in [0.717, 1.165) is 0 Å². The number of fused-ring (bicyclic) bond motifs is 1. The maximum atomic E-state index is 13.6. The number of aromatic carboxylic acids is 1. The number of amides is 1. The number of rotatable bonds is 7. The van der Waals surface area contributed by atoms with Gasteiger partial charge in [0.1, 0.15) is 17.5 Å². The topological polar surface area (TPSA) is 104 Å². The summed E-state index contributed by atoms with van der Waals surface area (Å²) in [5, 5.41) is 22.7.